The lowest BCUT2D eigenvalue weighted by Gasteiger charge is -2.32. The maximum Gasteiger partial charge on any atom is 0.228 e. The fourth-order valence-corrected chi connectivity index (χ4v) is 4.00. The molecule has 3 heterocycles. The molecule has 6 nitrogen and oxygen atoms in total. The molecule has 2 aromatic rings. The highest BCUT2D eigenvalue weighted by Gasteiger charge is 2.28. The molecule has 1 unspecified atom stereocenters. The number of aryl methyl sites for hydroxylation is 1. The number of hydrogen-bond donors (Lipinski definition) is 1. The molecule has 0 spiro atoms. The van der Waals surface area contributed by atoms with Crippen molar-refractivity contribution in [1.29, 1.82) is 0 Å². The van der Waals surface area contributed by atoms with Crippen molar-refractivity contribution in [3.8, 4) is 10.8 Å². The quantitative estimate of drug-likeness (QED) is 0.799. The SMILES string of the molecule is Cc1ccc(-c2nc(CC(=O)N3CCC(C(=O)NC(C)C(C)C)CC3)cs2)o1. The molecular formula is C21H29N3O3S. The molecule has 7 heteroatoms. The fraction of sp³-hybridized carbons (Fsp3) is 0.571. The van der Waals surface area contributed by atoms with E-state index in [1.54, 1.807) is 0 Å². The number of hydrogen-bond acceptors (Lipinski definition) is 5. The van der Waals surface area contributed by atoms with Crippen molar-refractivity contribution < 1.29 is 14.0 Å². The summed E-state index contributed by atoms with van der Waals surface area (Å²) < 4.78 is 5.60. The third-order valence-corrected chi connectivity index (χ3v) is 6.33. The van der Waals surface area contributed by atoms with Crippen molar-refractivity contribution in [3.05, 3.63) is 29.0 Å². The van der Waals surface area contributed by atoms with E-state index in [-0.39, 0.29) is 30.2 Å². The highest BCUT2D eigenvalue weighted by molar-refractivity contribution is 7.13. The molecule has 0 bridgehead atoms. The smallest absolute Gasteiger partial charge is 0.228 e. The van der Waals surface area contributed by atoms with Gasteiger partial charge in [0.1, 0.15) is 5.76 Å². The van der Waals surface area contributed by atoms with Gasteiger partial charge < -0.3 is 14.6 Å². The minimum absolute atomic E-state index is 0.00156. The van der Waals surface area contributed by atoms with Gasteiger partial charge in [-0.3, -0.25) is 9.59 Å². The van der Waals surface area contributed by atoms with E-state index in [9.17, 15) is 9.59 Å². The summed E-state index contributed by atoms with van der Waals surface area (Å²) in [7, 11) is 0. The van der Waals surface area contributed by atoms with Gasteiger partial charge in [0.05, 0.1) is 12.1 Å². The number of amides is 2. The standard InChI is InChI=1S/C21H29N3O3S/c1-13(2)15(4)22-20(26)16-7-9-24(10-8-16)19(25)11-17-12-28-21(23-17)18-6-5-14(3)27-18/h5-6,12-13,15-16H,7-11H2,1-4H3,(H,22,26). The van der Waals surface area contributed by atoms with Crippen LogP contribution in [0.1, 0.15) is 45.1 Å². The Bertz CT molecular complexity index is 818. The molecule has 2 amide bonds. The number of thiazole rings is 1. The summed E-state index contributed by atoms with van der Waals surface area (Å²) in [5.41, 5.74) is 0.768. The monoisotopic (exact) mass is 403 g/mol. The molecule has 0 radical (unpaired) electrons. The maximum atomic E-state index is 12.6. The molecule has 28 heavy (non-hydrogen) atoms. The van der Waals surface area contributed by atoms with E-state index in [0.29, 0.717) is 19.0 Å². The molecule has 1 atom stereocenters. The second-order valence-electron chi connectivity index (χ2n) is 7.93. The summed E-state index contributed by atoms with van der Waals surface area (Å²) in [6, 6.07) is 3.98. The highest BCUT2D eigenvalue weighted by Crippen LogP contribution is 2.26. The molecule has 0 aromatic carbocycles. The lowest BCUT2D eigenvalue weighted by molar-refractivity contribution is -0.135. The average molecular weight is 404 g/mol. The molecule has 1 aliphatic heterocycles. The second-order valence-corrected chi connectivity index (χ2v) is 8.79. The lowest BCUT2D eigenvalue weighted by Crippen LogP contribution is -2.46. The number of rotatable bonds is 6. The van der Waals surface area contributed by atoms with Gasteiger partial charge >= 0.3 is 0 Å². The van der Waals surface area contributed by atoms with Crippen LogP contribution in [0.4, 0.5) is 0 Å². The van der Waals surface area contributed by atoms with Crippen molar-refractivity contribution in [2.24, 2.45) is 11.8 Å². The van der Waals surface area contributed by atoms with Crippen molar-refractivity contribution >= 4 is 23.2 Å². The molecule has 3 rings (SSSR count). The Labute approximate surface area is 170 Å². The van der Waals surface area contributed by atoms with Crippen LogP contribution in [0, 0.1) is 18.8 Å². The van der Waals surface area contributed by atoms with Crippen LogP contribution in [0.15, 0.2) is 21.9 Å². The zero-order valence-corrected chi connectivity index (χ0v) is 17.8. The number of nitrogens with one attached hydrogen (secondary N) is 1. The molecule has 2 aromatic heterocycles. The van der Waals surface area contributed by atoms with E-state index in [2.05, 4.69) is 24.1 Å². The van der Waals surface area contributed by atoms with Gasteiger partial charge in [-0.25, -0.2) is 4.98 Å². The van der Waals surface area contributed by atoms with Gasteiger partial charge in [-0.2, -0.15) is 0 Å². The zero-order valence-electron chi connectivity index (χ0n) is 17.0. The molecule has 152 valence electrons. The molecule has 0 saturated carbocycles. The Balaban J connectivity index is 1.49. The van der Waals surface area contributed by atoms with Gasteiger partial charge in [-0.15, -0.1) is 11.3 Å². The number of carbonyl (C=O) groups is 2. The fourth-order valence-electron chi connectivity index (χ4n) is 3.22. The van der Waals surface area contributed by atoms with Crippen molar-refractivity contribution in [1.82, 2.24) is 15.2 Å². The Morgan fingerprint density at radius 2 is 2.00 bits per heavy atom. The van der Waals surface area contributed by atoms with Crippen LogP contribution in [0.2, 0.25) is 0 Å². The zero-order chi connectivity index (χ0) is 20.3. The molecule has 1 aliphatic rings. The van der Waals surface area contributed by atoms with Crippen LogP contribution >= 0.6 is 11.3 Å². The first kappa shape index (κ1) is 20.6. The molecular weight excluding hydrogens is 374 g/mol. The van der Waals surface area contributed by atoms with Crippen molar-refractivity contribution in [2.75, 3.05) is 13.1 Å². The van der Waals surface area contributed by atoms with E-state index in [4.69, 9.17) is 4.42 Å². The number of nitrogens with zero attached hydrogens (tertiary/aromatic N) is 2. The summed E-state index contributed by atoms with van der Waals surface area (Å²) in [6.45, 7) is 9.39. The molecule has 1 saturated heterocycles. The normalized spacial score (nSPS) is 16.4. The van der Waals surface area contributed by atoms with Crippen LogP contribution in [0.3, 0.4) is 0 Å². The minimum Gasteiger partial charge on any atom is -0.459 e. The third kappa shape index (κ3) is 5.01. The largest absolute Gasteiger partial charge is 0.459 e. The number of aromatic nitrogens is 1. The maximum absolute atomic E-state index is 12.6. The average Bonchev–Trinajstić information content (AvgIpc) is 3.30. The molecule has 1 fully saturated rings. The van der Waals surface area contributed by atoms with Gasteiger partial charge in [0, 0.05) is 30.4 Å². The second kappa shape index (κ2) is 8.90. The van der Waals surface area contributed by atoms with Crippen molar-refractivity contribution in [3.63, 3.8) is 0 Å². The lowest BCUT2D eigenvalue weighted by atomic mass is 9.94. The first-order valence-electron chi connectivity index (χ1n) is 9.93. The topological polar surface area (TPSA) is 75.4 Å². The van der Waals surface area contributed by atoms with Gasteiger partial charge in [-0.05, 0) is 44.7 Å². The van der Waals surface area contributed by atoms with Crippen LogP contribution in [-0.4, -0.2) is 40.8 Å². The van der Waals surface area contributed by atoms with Crippen LogP contribution in [0.25, 0.3) is 10.8 Å². The Morgan fingerprint density at radius 3 is 2.61 bits per heavy atom. The van der Waals surface area contributed by atoms with Crippen LogP contribution in [-0.2, 0) is 16.0 Å². The van der Waals surface area contributed by atoms with Gasteiger partial charge in [0.25, 0.3) is 0 Å². The summed E-state index contributed by atoms with van der Waals surface area (Å²) in [6.07, 6.45) is 1.73. The first-order chi connectivity index (χ1) is 13.3. The minimum atomic E-state index is -0.00156. The van der Waals surface area contributed by atoms with E-state index < -0.39 is 0 Å². The number of carbonyl (C=O) groups excluding carboxylic acids is 2. The number of piperidine rings is 1. The number of likely N-dealkylation sites (tertiary alicyclic amines) is 1. The Hall–Kier alpha value is -2.15. The summed E-state index contributed by atoms with van der Waals surface area (Å²) in [5.74, 6) is 2.19. The van der Waals surface area contributed by atoms with Gasteiger partial charge in [-0.1, -0.05) is 13.8 Å². The van der Waals surface area contributed by atoms with Crippen LogP contribution in [0.5, 0.6) is 0 Å². The third-order valence-electron chi connectivity index (χ3n) is 5.42. The Kier molecular flexibility index (Phi) is 6.54. The predicted octanol–water partition coefficient (Wildman–Crippen LogP) is 3.65. The van der Waals surface area contributed by atoms with E-state index in [1.165, 1.54) is 11.3 Å². The van der Waals surface area contributed by atoms with Gasteiger partial charge in [0.2, 0.25) is 11.8 Å². The first-order valence-corrected chi connectivity index (χ1v) is 10.8. The Morgan fingerprint density at radius 1 is 1.29 bits per heavy atom. The summed E-state index contributed by atoms with van der Waals surface area (Å²) in [4.78, 5) is 31.4. The van der Waals surface area contributed by atoms with E-state index in [0.717, 1.165) is 35.1 Å². The van der Waals surface area contributed by atoms with E-state index in [1.807, 2.05) is 36.3 Å². The van der Waals surface area contributed by atoms with Crippen molar-refractivity contribution in [2.45, 2.75) is 53.0 Å². The van der Waals surface area contributed by atoms with E-state index >= 15 is 0 Å². The predicted molar refractivity (Wildman–Crippen MR) is 110 cm³/mol. The summed E-state index contributed by atoms with van der Waals surface area (Å²) in [5, 5.41) is 5.81. The number of furan rings is 1. The highest BCUT2D eigenvalue weighted by atomic mass is 32.1. The summed E-state index contributed by atoms with van der Waals surface area (Å²) >= 11 is 1.49. The molecule has 1 N–H and O–H groups in total. The van der Waals surface area contributed by atoms with Gasteiger partial charge in [0.15, 0.2) is 10.8 Å². The van der Waals surface area contributed by atoms with Crippen LogP contribution < -0.4 is 5.32 Å². The molecule has 0 aliphatic carbocycles.